The molecule has 0 spiro atoms. The first kappa shape index (κ1) is 17.6. The van der Waals surface area contributed by atoms with Crippen LogP contribution in [0.3, 0.4) is 0 Å². The fourth-order valence-electron chi connectivity index (χ4n) is 2.96. The molecular formula is C18H28N2O3. The summed E-state index contributed by atoms with van der Waals surface area (Å²) in [5.74, 6) is 1.83. The van der Waals surface area contributed by atoms with Crippen molar-refractivity contribution >= 4 is 5.91 Å². The minimum absolute atomic E-state index is 0.209. The summed E-state index contributed by atoms with van der Waals surface area (Å²) in [4.78, 5) is 14.3. The standard InChI is InChI=1S/C18H28N2O3/c1-3-15-6-4-5-12-20(15)18(21)14-19-11-13-23-17-9-7-16(22-2)8-10-17/h7-10,15,19H,3-6,11-14H2,1-2H3. The Morgan fingerprint density at radius 1 is 1.26 bits per heavy atom. The maximum absolute atomic E-state index is 12.3. The van der Waals surface area contributed by atoms with Crippen molar-refractivity contribution < 1.29 is 14.3 Å². The van der Waals surface area contributed by atoms with Crippen molar-refractivity contribution in [2.24, 2.45) is 0 Å². The van der Waals surface area contributed by atoms with E-state index in [-0.39, 0.29) is 5.91 Å². The van der Waals surface area contributed by atoms with Gasteiger partial charge in [-0.25, -0.2) is 0 Å². The van der Waals surface area contributed by atoms with Crippen LogP contribution in [0.1, 0.15) is 32.6 Å². The molecule has 128 valence electrons. The minimum Gasteiger partial charge on any atom is -0.497 e. The third-order valence-corrected chi connectivity index (χ3v) is 4.30. The molecule has 0 radical (unpaired) electrons. The highest BCUT2D eigenvalue weighted by molar-refractivity contribution is 5.78. The summed E-state index contributed by atoms with van der Waals surface area (Å²) in [7, 11) is 1.64. The molecule has 0 bridgehead atoms. The number of methoxy groups -OCH3 is 1. The van der Waals surface area contributed by atoms with Gasteiger partial charge >= 0.3 is 0 Å². The SMILES string of the molecule is CCC1CCCCN1C(=O)CNCCOc1ccc(OC)cc1. The van der Waals surface area contributed by atoms with Crippen molar-refractivity contribution in [3.8, 4) is 11.5 Å². The predicted molar refractivity (Wildman–Crippen MR) is 91.0 cm³/mol. The lowest BCUT2D eigenvalue weighted by Crippen LogP contribution is -2.47. The molecule has 0 aliphatic carbocycles. The van der Waals surface area contributed by atoms with Gasteiger partial charge in [0.05, 0.1) is 13.7 Å². The van der Waals surface area contributed by atoms with E-state index in [1.165, 1.54) is 6.42 Å². The molecule has 1 amide bonds. The summed E-state index contributed by atoms with van der Waals surface area (Å²) < 4.78 is 10.7. The van der Waals surface area contributed by atoms with Gasteiger partial charge in [-0.1, -0.05) is 6.92 Å². The van der Waals surface area contributed by atoms with Crippen LogP contribution < -0.4 is 14.8 Å². The van der Waals surface area contributed by atoms with Crippen molar-refractivity contribution in [3.05, 3.63) is 24.3 Å². The van der Waals surface area contributed by atoms with E-state index in [4.69, 9.17) is 9.47 Å². The minimum atomic E-state index is 0.209. The first-order valence-electron chi connectivity index (χ1n) is 8.51. The monoisotopic (exact) mass is 320 g/mol. The molecule has 1 unspecified atom stereocenters. The molecule has 1 fully saturated rings. The summed E-state index contributed by atoms with van der Waals surface area (Å²) in [6.45, 7) is 4.65. The Kier molecular flexibility index (Phi) is 7.20. The summed E-state index contributed by atoms with van der Waals surface area (Å²) in [6, 6.07) is 7.92. The molecule has 1 aromatic rings. The van der Waals surface area contributed by atoms with Gasteiger partial charge < -0.3 is 19.7 Å². The molecule has 0 aromatic heterocycles. The third kappa shape index (κ3) is 5.43. The number of nitrogens with one attached hydrogen (secondary N) is 1. The van der Waals surface area contributed by atoms with Gasteiger partial charge in [-0.05, 0) is 49.9 Å². The smallest absolute Gasteiger partial charge is 0.236 e. The average molecular weight is 320 g/mol. The Balaban J connectivity index is 1.63. The van der Waals surface area contributed by atoms with Crippen LogP contribution >= 0.6 is 0 Å². The summed E-state index contributed by atoms with van der Waals surface area (Å²) in [5.41, 5.74) is 0. The third-order valence-electron chi connectivity index (χ3n) is 4.30. The number of ether oxygens (including phenoxy) is 2. The van der Waals surface area contributed by atoms with Crippen molar-refractivity contribution in [2.75, 3.05) is 33.4 Å². The number of piperidine rings is 1. The van der Waals surface area contributed by atoms with Gasteiger partial charge in [-0.3, -0.25) is 4.79 Å². The largest absolute Gasteiger partial charge is 0.497 e. The molecule has 1 aromatic carbocycles. The van der Waals surface area contributed by atoms with Crippen LogP contribution in [-0.4, -0.2) is 50.2 Å². The highest BCUT2D eigenvalue weighted by atomic mass is 16.5. The molecule has 1 aliphatic rings. The van der Waals surface area contributed by atoms with Gasteiger partial charge in [0.15, 0.2) is 0 Å². The molecule has 1 aliphatic heterocycles. The first-order valence-corrected chi connectivity index (χ1v) is 8.51. The second-order valence-corrected chi connectivity index (χ2v) is 5.85. The fourth-order valence-corrected chi connectivity index (χ4v) is 2.96. The Bertz CT molecular complexity index is 476. The molecule has 1 atom stereocenters. The number of likely N-dealkylation sites (tertiary alicyclic amines) is 1. The van der Waals surface area contributed by atoms with E-state index in [1.54, 1.807) is 7.11 Å². The zero-order valence-corrected chi connectivity index (χ0v) is 14.2. The van der Waals surface area contributed by atoms with Gasteiger partial charge in [0, 0.05) is 19.1 Å². The number of rotatable bonds is 8. The van der Waals surface area contributed by atoms with Gasteiger partial charge in [-0.2, -0.15) is 0 Å². The topological polar surface area (TPSA) is 50.8 Å². The number of benzene rings is 1. The van der Waals surface area contributed by atoms with Gasteiger partial charge in [0.25, 0.3) is 0 Å². The van der Waals surface area contributed by atoms with Gasteiger partial charge in [-0.15, -0.1) is 0 Å². The number of hydrogen-bond acceptors (Lipinski definition) is 4. The molecule has 0 saturated carbocycles. The molecule has 2 rings (SSSR count). The predicted octanol–water partition coefficient (Wildman–Crippen LogP) is 2.45. The summed E-state index contributed by atoms with van der Waals surface area (Å²) in [6.07, 6.45) is 4.56. The lowest BCUT2D eigenvalue weighted by Gasteiger charge is -2.35. The van der Waals surface area contributed by atoms with E-state index >= 15 is 0 Å². The zero-order valence-electron chi connectivity index (χ0n) is 14.2. The Morgan fingerprint density at radius 2 is 2.00 bits per heavy atom. The summed E-state index contributed by atoms with van der Waals surface area (Å²) in [5, 5.41) is 3.18. The van der Waals surface area contributed by atoms with Crippen LogP contribution in [0.15, 0.2) is 24.3 Å². The lowest BCUT2D eigenvalue weighted by molar-refractivity contribution is -0.133. The number of hydrogen-bond donors (Lipinski definition) is 1. The van der Waals surface area contributed by atoms with Crippen LogP contribution in [-0.2, 0) is 4.79 Å². The van der Waals surface area contributed by atoms with E-state index in [2.05, 4.69) is 12.2 Å². The molecular weight excluding hydrogens is 292 g/mol. The average Bonchev–Trinajstić information content (AvgIpc) is 2.61. The molecule has 1 N–H and O–H groups in total. The highest BCUT2D eigenvalue weighted by Crippen LogP contribution is 2.19. The van der Waals surface area contributed by atoms with Crippen LogP contribution in [0.25, 0.3) is 0 Å². The fraction of sp³-hybridized carbons (Fsp3) is 0.611. The molecule has 5 nitrogen and oxygen atoms in total. The van der Waals surface area contributed by atoms with E-state index in [0.717, 1.165) is 37.3 Å². The van der Waals surface area contributed by atoms with E-state index < -0.39 is 0 Å². The normalized spacial score (nSPS) is 17.8. The zero-order chi connectivity index (χ0) is 16.5. The number of amides is 1. The number of carbonyl (C=O) groups excluding carboxylic acids is 1. The Labute approximate surface area is 139 Å². The van der Waals surface area contributed by atoms with Crippen LogP contribution in [0, 0.1) is 0 Å². The first-order chi connectivity index (χ1) is 11.2. The molecule has 1 saturated heterocycles. The highest BCUT2D eigenvalue weighted by Gasteiger charge is 2.24. The Hall–Kier alpha value is -1.75. The molecule has 1 heterocycles. The van der Waals surface area contributed by atoms with Crippen molar-refractivity contribution in [1.29, 1.82) is 0 Å². The number of nitrogens with zero attached hydrogens (tertiary/aromatic N) is 1. The molecule has 23 heavy (non-hydrogen) atoms. The van der Waals surface area contributed by atoms with Crippen LogP contribution in [0.5, 0.6) is 11.5 Å². The second-order valence-electron chi connectivity index (χ2n) is 5.85. The summed E-state index contributed by atoms with van der Waals surface area (Å²) >= 11 is 0. The van der Waals surface area contributed by atoms with E-state index in [1.807, 2.05) is 29.2 Å². The van der Waals surface area contributed by atoms with Crippen molar-refractivity contribution in [2.45, 2.75) is 38.6 Å². The lowest BCUT2D eigenvalue weighted by atomic mass is 10.00. The Morgan fingerprint density at radius 3 is 2.70 bits per heavy atom. The van der Waals surface area contributed by atoms with Crippen molar-refractivity contribution in [3.63, 3.8) is 0 Å². The van der Waals surface area contributed by atoms with E-state index in [9.17, 15) is 4.79 Å². The quantitative estimate of drug-likeness (QED) is 0.748. The maximum Gasteiger partial charge on any atom is 0.236 e. The maximum atomic E-state index is 12.3. The second kappa shape index (κ2) is 9.40. The van der Waals surface area contributed by atoms with Gasteiger partial charge in [0.2, 0.25) is 5.91 Å². The van der Waals surface area contributed by atoms with E-state index in [0.29, 0.717) is 25.7 Å². The number of carbonyl (C=O) groups is 1. The van der Waals surface area contributed by atoms with Crippen LogP contribution in [0.2, 0.25) is 0 Å². The van der Waals surface area contributed by atoms with Gasteiger partial charge in [0.1, 0.15) is 18.1 Å². The van der Waals surface area contributed by atoms with Crippen LogP contribution in [0.4, 0.5) is 0 Å². The molecule has 5 heteroatoms. The van der Waals surface area contributed by atoms with Crippen molar-refractivity contribution in [1.82, 2.24) is 10.2 Å².